The van der Waals surface area contributed by atoms with E-state index >= 15 is 0 Å². The van der Waals surface area contributed by atoms with Gasteiger partial charge >= 0.3 is 0 Å². The van der Waals surface area contributed by atoms with Gasteiger partial charge in [0.2, 0.25) is 0 Å². The molecule has 1 fully saturated rings. The Hall–Kier alpha value is -0.760. The lowest BCUT2D eigenvalue weighted by molar-refractivity contribution is 0.424. The topological polar surface area (TPSA) is 25.2 Å². The fraction of sp³-hybridized carbons (Fsp3) is 0.636. The van der Waals surface area contributed by atoms with E-state index in [0.29, 0.717) is 5.92 Å². The van der Waals surface area contributed by atoms with E-state index in [4.69, 9.17) is 4.42 Å². The monoisotopic (exact) mass is 179 g/mol. The number of hydrogen-bond donors (Lipinski definition) is 1. The highest BCUT2D eigenvalue weighted by molar-refractivity contribution is 5.12. The van der Waals surface area contributed by atoms with Crippen LogP contribution >= 0.6 is 0 Å². The molecule has 2 rings (SSSR count). The molecular weight excluding hydrogens is 162 g/mol. The van der Waals surface area contributed by atoms with Crippen LogP contribution in [0.5, 0.6) is 0 Å². The highest BCUT2D eigenvalue weighted by Crippen LogP contribution is 2.34. The number of rotatable bonds is 3. The smallest absolute Gasteiger partial charge is 0.117 e. The van der Waals surface area contributed by atoms with Gasteiger partial charge in [-0.2, -0.15) is 0 Å². The molecule has 1 heterocycles. The molecule has 0 unspecified atom stereocenters. The van der Waals surface area contributed by atoms with E-state index in [-0.39, 0.29) is 0 Å². The fourth-order valence-corrected chi connectivity index (χ4v) is 2.09. The Morgan fingerprint density at radius 1 is 1.38 bits per heavy atom. The molecule has 1 aliphatic carbocycles. The second-order valence-electron chi connectivity index (χ2n) is 3.82. The quantitative estimate of drug-likeness (QED) is 0.771. The van der Waals surface area contributed by atoms with Crippen LogP contribution in [-0.2, 0) is 6.54 Å². The van der Waals surface area contributed by atoms with E-state index in [1.54, 1.807) is 0 Å². The summed E-state index contributed by atoms with van der Waals surface area (Å²) in [5.41, 5.74) is 0. The predicted molar refractivity (Wildman–Crippen MR) is 52.7 cm³/mol. The van der Waals surface area contributed by atoms with Gasteiger partial charge in [0, 0.05) is 5.92 Å². The van der Waals surface area contributed by atoms with Gasteiger partial charge in [-0.05, 0) is 32.0 Å². The van der Waals surface area contributed by atoms with Crippen LogP contribution in [0.1, 0.15) is 43.1 Å². The summed E-state index contributed by atoms with van der Waals surface area (Å²) in [6.45, 7) is 0.840. The second-order valence-corrected chi connectivity index (χ2v) is 3.82. The van der Waals surface area contributed by atoms with E-state index in [2.05, 4.69) is 17.4 Å². The van der Waals surface area contributed by atoms with Gasteiger partial charge < -0.3 is 9.73 Å². The third-order valence-electron chi connectivity index (χ3n) is 2.79. The lowest BCUT2D eigenvalue weighted by atomic mass is 10.1. The molecule has 2 nitrogen and oxygen atoms in total. The average Bonchev–Trinajstić information content (AvgIpc) is 2.70. The highest BCUT2D eigenvalue weighted by atomic mass is 16.3. The minimum atomic E-state index is 0.700. The van der Waals surface area contributed by atoms with Gasteiger partial charge in [0.05, 0.1) is 6.54 Å². The Morgan fingerprint density at radius 2 is 2.15 bits per heavy atom. The Balaban J connectivity index is 2.03. The largest absolute Gasteiger partial charge is 0.464 e. The molecule has 0 spiro atoms. The first-order valence-electron chi connectivity index (χ1n) is 5.13. The zero-order valence-corrected chi connectivity index (χ0v) is 8.18. The third-order valence-corrected chi connectivity index (χ3v) is 2.79. The Labute approximate surface area is 79.3 Å². The molecule has 2 heteroatoms. The van der Waals surface area contributed by atoms with Crippen molar-refractivity contribution >= 4 is 0 Å². The maximum Gasteiger partial charge on any atom is 0.117 e. The molecule has 1 aromatic heterocycles. The van der Waals surface area contributed by atoms with E-state index in [0.717, 1.165) is 12.3 Å². The summed E-state index contributed by atoms with van der Waals surface area (Å²) in [6.07, 6.45) is 5.36. The first-order chi connectivity index (χ1) is 6.40. The van der Waals surface area contributed by atoms with Gasteiger partial charge in [0.15, 0.2) is 0 Å². The molecule has 0 radical (unpaired) electrons. The molecular formula is C11H17NO. The number of furan rings is 1. The second kappa shape index (κ2) is 3.97. The van der Waals surface area contributed by atoms with Crippen molar-refractivity contribution < 1.29 is 4.42 Å². The molecule has 1 aliphatic rings. The highest BCUT2D eigenvalue weighted by Gasteiger charge is 2.19. The van der Waals surface area contributed by atoms with Crippen LogP contribution in [0.2, 0.25) is 0 Å². The number of nitrogens with one attached hydrogen (secondary N) is 1. The summed E-state index contributed by atoms with van der Waals surface area (Å²) >= 11 is 0. The summed E-state index contributed by atoms with van der Waals surface area (Å²) in [6, 6.07) is 4.23. The maximum absolute atomic E-state index is 5.75. The number of hydrogen-bond acceptors (Lipinski definition) is 2. The Morgan fingerprint density at radius 3 is 2.85 bits per heavy atom. The molecule has 0 aromatic carbocycles. The molecule has 1 N–H and O–H groups in total. The first kappa shape index (κ1) is 8.82. The van der Waals surface area contributed by atoms with Crippen LogP contribution in [0.25, 0.3) is 0 Å². The van der Waals surface area contributed by atoms with Gasteiger partial charge in [-0.3, -0.25) is 0 Å². The van der Waals surface area contributed by atoms with Crippen LogP contribution in [0.4, 0.5) is 0 Å². The molecule has 0 saturated heterocycles. The minimum absolute atomic E-state index is 0.700. The van der Waals surface area contributed by atoms with Crippen LogP contribution in [-0.4, -0.2) is 7.05 Å². The summed E-state index contributed by atoms with van der Waals surface area (Å²) < 4.78 is 5.75. The molecule has 0 atom stereocenters. The Bertz CT molecular complexity index is 261. The minimum Gasteiger partial charge on any atom is -0.464 e. The van der Waals surface area contributed by atoms with Crippen LogP contribution < -0.4 is 5.32 Å². The standard InChI is InChI=1S/C11H17NO/c1-12-8-10-6-7-11(13-10)9-4-2-3-5-9/h6-7,9,12H,2-5,8H2,1H3. The predicted octanol–water partition coefficient (Wildman–Crippen LogP) is 2.66. The van der Waals surface area contributed by atoms with Crippen molar-refractivity contribution in [3.63, 3.8) is 0 Å². The van der Waals surface area contributed by atoms with Gasteiger partial charge in [-0.15, -0.1) is 0 Å². The summed E-state index contributed by atoms with van der Waals surface area (Å²) in [4.78, 5) is 0. The summed E-state index contributed by atoms with van der Waals surface area (Å²) in [5.74, 6) is 2.96. The van der Waals surface area contributed by atoms with Gasteiger partial charge in [0.1, 0.15) is 11.5 Å². The van der Waals surface area contributed by atoms with Crippen LogP contribution in [0, 0.1) is 0 Å². The summed E-state index contributed by atoms with van der Waals surface area (Å²) in [7, 11) is 1.94. The van der Waals surface area contributed by atoms with Crippen molar-refractivity contribution in [1.29, 1.82) is 0 Å². The van der Waals surface area contributed by atoms with E-state index in [9.17, 15) is 0 Å². The van der Waals surface area contributed by atoms with E-state index in [1.807, 2.05) is 7.05 Å². The lowest BCUT2D eigenvalue weighted by Crippen LogP contribution is -2.03. The van der Waals surface area contributed by atoms with Crippen molar-refractivity contribution in [3.8, 4) is 0 Å². The molecule has 0 amide bonds. The van der Waals surface area contributed by atoms with Crippen molar-refractivity contribution in [2.45, 2.75) is 38.1 Å². The maximum atomic E-state index is 5.75. The van der Waals surface area contributed by atoms with Crippen molar-refractivity contribution in [3.05, 3.63) is 23.7 Å². The van der Waals surface area contributed by atoms with Crippen molar-refractivity contribution in [1.82, 2.24) is 5.32 Å². The molecule has 72 valence electrons. The zero-order valence-electron chi connectivity index (χ0n) is 8.18. The third kappa shape index (κ3) is 1.94. The zero-order chi connectivity index (χ0) is 9.10. The van der Waals surface area contributed by atoms with Crippen molar-refractivity contribution in [2.24, 2.45) is 0 Å². The fourth-order valence-electron chi connectivity index (χ4n) is 2.09. The summed E-state index contributed by atoms with van der Waals surface area (Å²) in [5, 5.41) is 3.09. The normalized spacial score (nSPS) is 18.2. The van der Waals surface area contributed by atoms with Gasteiger partial charge in [0.25, 0.3) is 0 Å². The molecule has 0 aliphatic heterocycles. The van der Waals surface area contributed by atoms with Gasteiger partial charge in [-0.25, -0.2) is 0 Å². The SMILES string of the molecule is CNCc1ccc(C2CCCC2)o1. The lowest BCUT2D eigenvalue weighted by Gasteiger charge is -2.03. The average molecular weight is 179 g/mol. The van der Waals surface area contributed by atoms with Crippen molar-refractivity contribution in [2.75, 3.05) is 7.05 Å². The molecule has 1 aromatic rings. The van der Waals surface area contributed by atoms with Crippen LogP contribution in [0.15, 0.2) is 16.5 Å². The molecule has 0 bridgehead atoms. The Kier molecular flexibility index (Phi) is 2.69. The first-order valence-corrected chi connectivity index (χ1v) is 5.13. The van der Waals surface area contributed by atoms with Crippen LogP contribution in [0.3, 0.4) is 0 Å². The van der Waals surface area contributed by atoms with E-state index < -0.39 is 0 Å². The van der Waals surface area contributed by atoms with Gasteiger partial charge in [-0.1, -0.05) is 12.8 Å². The van der Waals surface area contributed by atoms with E-state index in [1.165, 1.54) is 31.4 Å². The molecule has 1 saturated carbocycles. The molecule has 13 heavy (non-hydrogen) atoms.